The van der Waals surface area contributed by atoms with Crippen molar-refractivity contribution in [2.24, 2.45) is 0 Å². The van der Waals surface area contributed by atoms with Gasteiger partial charge in [-0.2, -0.15) is 0 Å². The Labute approximate surface area is 175 Å². The second kappa shape index (κ2) is 7.42. The number of anilines is 1. The van der Waals surface area contributed by atoms with Gasteiger partial charge in [0.2, 0.25) is 5.91 Å². The van der Waals surface area contributed by atoms with E-state index < -0.39 is 0 Å². The van der Waals surface area contributed by atoms with Gasteiger partial charge in [0.1, 0.15) is 5.82 Å². The lowest BCUT2D eigenvalue weighted by molar-refractivity contribution is -0.119. The zero-order chi connectivity index (χ0) is 20.7. The highest BCUT2D eigenvalue weighted by Gasteiger charge is 2.34. The third-order valence-corrected chi connectivity index (χ3v) is 5.97. The lowest BCUT2D eigenvalue weighted by atomic mass is 9.81. The van der Waals surface area contributed by atoms with Crippen LogP contribution in [0.2, 0.25) is 0 Å². The van der Waals surface area contributed by atoms with Crippen LogP contribution >= 0.6 is 0 Å². The fourth-order valence-corrected chi connectivity index (χ4v) is 4.60. The molecule has 0 aliphatic carbocycles. The molecular formula is C27H22FNO. The zero-order valence-electron chi connectivity index (χ0n) is 16.8. The molecule has 30 heavy (non-hydrogen) atoms. The van der Waals surface area contributed by atoms with Crippen LogP contribution in [0.4, 0.5) is 10.1 Å². The minimum absolute atomic E-state index is 0.0209. The van der Waals surface area contributed by atoms with Crippen molar-refractivity contribution < 1.29 is 9.18 Å². The number of carbonyl (C=O) groups is 1. The summed E-state index contributed by atoms with van der Waals surface area (Å²) in [5.74, 6) is -0.539. The van der Waals surface area contributed by atoms with E-state index in [-0.39, 0.29) is 24.1 Å². The number of hydrogen-bond acceptors (Lipinski definition) is 1. The van der Waals surface area contributed by atoms with Crippen LogP contribution in [0.3, 0.4) is 0 Å². The number of amides is 1. The van der Waals surface area contributed by atoms with Crippen LogP contribution in [0.1, 0.15) is 34.6 Å². The maximum Gasteiger partial charge on any atom is 0.228 e. The molecule has 4 aromatic rings. The first-order valence-electron chi connectivity index (χ1n) is 10.2. The number of fused-ring (bicyclic) bond motifs is 3. The molecule has 0 fully saturated rings. The Morgan fingerprint density at radius 3 is 2.57 bits per heavy atom. The van der Waals surface area contributed by atoms with Gasteiger partial charge in [-0.25, -0.2) is 4.39 Å². The van der Waals surface area contributed by atoms with Crippen molar-refractivity contribution in [3.05, 3.63) is 113 Å². The van der Waals surface area contributed by atoms with Gasteiger partial charge in [-0.05, 0) is 46.5 Å². The molecule has 148 valence electrons. The molecule has 5 rings (SSSR count). The van der Waals surface area contributed by atoms with Crippen LogP contribution in [-0.4, -0.2) is 5.91 Å². The highest BCUT2D eigenvalue weighted by molar-refractivity contribution is 6.03. The summed E-state index contributed by atoms with van der Waals surface area (Å²) in [7, 11) is 0. The lowest BCUT2D eigenvalue weighted by Gasteiger charge is -2.35. The van der Waals surface area contributed by atoms with Gasteiger partial charge in [0.15, 0.2) is 0 Å². The van der Waals surface area contributed by atoms with Crippen molar-refractivity contribution in [2.75, 3.05) is 4.90 Å². The Morgan fingerprint density at radius 2 is 1.73 bits per heavy atom. The van der Waals surface area contributed by atoms with Gasteiger partial charge in [-0.1, -0.05) is 78.4 Å². The Hall–Kier alpha value is -3.46. The van der Waals surface area contributed by atoms with Gasteiger partial charge >= 0.3 is 0 Å². The summed E-state index contributed by atoms with van der Waals surface area (Å²) in [4.78, 5) is 15.1. The van der Waals surface area contributed by atoms with Crippen molar-refractivity contribution in [1.29, 1.82) is 0 Å². The zero-order valence-corrected chi connectivity index (χ0v) is 16.8. The standard InChI is InChI=1S/C27H22FNO/c1-18-7-6-8-19(15-18)17-29-25-14-13-20-9-2-3-10-21(20)27(25)23(16-26(29)30)22-11-4-5-12-24(22)28/h2-15,23H,16-17H2,1H3. The maximum absolute atomic E-state index is 14.8. The Kier molecular flexibility index (Phi) is 4.59. The van der Waals surface area contributed by atoms with E-state index >= 15 is 0 Å². The van der Waals surface area contributed by atoms with E-state index in [4.69, 9.17) is 0 Å². The van der Waals surface area contributed by atoms with E-state index in [9.17, 15) is 9.18 Å². The van der Waals surface area contributed by atoms with Gasteiger partial charge < -0.3 is 4.90 Å². The van der Waals surface area contributed by atoms with Crippen molar-refractivity contribution in [3.8, 4) is 0 Å². The van der Waals surface area contributed by atoms with Crippen LogP contribution in [0.5, 0.6) is 0 Å². The first-order chi connectivity index (χ1) is 14.6. The molecule has 0 saturated carbocycles. The van der Waals surface area contributed by atoms with Crippen molar-refractivity contribution >= 4 is 22.4 Å². The highest BCUT2D eigenvalue weighted by Crippen LogP contribution is 2.45. The van der Waals surface area contributed by atoms with E-state index in [0.29, 0.717) is 12.1 Å². The number of nitrogens with zero attached hydrogens (tertiary/aromatic N) is 1. The van der Waals surface area contributed by atoms with Gasteiger partial charge in [-0.3, -0.25) is 4.79 Å². The Morgan fingerprint density at radius 1 is 0.933 bits per heavy atom. The largest absolute Gasteiger partial charge is 0.308 e. The third kappa shape index (κ3) is 3.17. The van der Waals surface area contributed by atoms with Crippen LogP contribution in [0.15, 0.2) is 84.9 Å². The van der Waals surface area contributed by atoms with Crippen LogP contribution in [-0.2, 0) is 11.3 Å². The normalized spacial score (nSPS) is 16.0. The second-order valence-corrected chi connectivity index (χ2v) is 7.97. The van der Waals surface area contributed by atoms with Gasteiger partial charge in [0, 0.05) is 18.0 Å². The predicted octanol–water partition coefficient (Wildman–Crippen LogP) is 6.36. The molecule has 1 unspecified atom stereocenters. The summed E-state index contributed by atoms with van der Waals surface area (Å²) in [6.07, 6.45) is 0.258. The van der Waals surface area contributed by atoms with Crippen LogP contribution in [0, 0.1) is 12.7 Å². The fourth-order valence-electron chi connectivity index (χ4n) is 4.60. The molecule has 1 atom stereocenters. The molecule has 0 bridgehead atoms. The number of rotatable bonds is 3. The minimum Gasteiger partial charge on any atom is -0.308 e. The second-order valence-electron chi connectivity index (χ2n) is 7.97. The van der Waals surface area contributed by atoms with Gasteiger partial charge in [-0.15, -0.1) is 0 Å². The Bertz CT molecular complexity index is 1260. The maximum atomic E-state index is 14.8. The van der Waals surface area contributed by atoms with Gasteiger partial charge in [0.25, 0.3) is 0 Å². The molecule has 4 aromatic carbocycles. The molecule has 2 nitrogen and oxygen atoms in total. The molecule has 1 amide bonds. The molecule has 0 spiro atoms. The molecule has 0 aromatic heterocycles. The van der Waals surface area contributed by atoms with E-state index in [1.807, 2.05) is 41.3 Å². The summed E-state index contributed by atoms with van der Waals surface area (Å²) >= 11 is 0. The monoisotopic (exact) mass is 395 g/mol. The number of aryl methyl sites for hydroxylation is 1. The van der Waals surface area contributed by atoms with E-state index in [2.05, 4.69) is 37.3 Å². The average molecular weight is 395 g/mol. The first kappa shape index (κ1) is 18.6. The molecule has 1 heterocycles. The van der Waals surface area contributed by atoms with Crippen molar-refractivity contribution in [2.45, 2.75) is 25.8 Å². The summed E-state index contributed by atoms with van der Waals surface area (Å²) in [6, 6.07) is 27.2. The Balaban J connectivity index is 1.70. The number of hydrogen-bond donors (Lipinski definition) is 0. The number of benzene rings is 4. The molecule has 3 heteroatoms. The number of halogens is 1. The summed E-state index contributed by atoms with van der Waals surface area (Å²) in [5, 5.41) is 2.17. The van der Waals surface area contributed by atoms with Crippen molar-refractivity contribution in [1.82, 2.24) is 0 Å². The van der Waals surface area contributed by atoms with E-state index in [1.54, 1.807) is 12.1 Å². The summed E-state index contributed by atoms with van der Waals surface area (Å²) in [5.41, 5.74) is 4.75. The molecule has 0 radical (unpaired) electrons. The average Bonchev–Trinajstić information content (AvgIpc) is 2.75. The lowest BCUT2D eigenvalue weighted by Crippen LogP contribution is -2.36. The molecular weight excluding hydrogens is 373 g/mol. The molecule has 1 aliphatic heterocycles. The SMILES string of the molecule is Cc1cccc(CN2C(=O)CC(c3ccccc3F)c3c2ccc2ccccc32)c1. The van der Waals surface area contributed by atoms with E-state index in [0.717, 1.165) is 27.6 Å². The predicted molar refractivity (Wildman–Crippen MR) is 119 cm³/mol. The smallest absolute Gasteiger partial charge is 0.228 e. The molecule has 1 aliphatic rings. The van der Waals surface area contributed by atoms with Crippen molar-refractivity contribution in [3.63, 3.8) is 0 Å². The first-order valence-corrected chi connectivity index (χ1v) is 10.2. The number of carbonyl (C=O) groups excluding carboxylic acids is 1. The van der Waals surface area contributed by atoms with Gasteiger partial charge in [0.05, 0.1) is 6.54 Å². The topological polar surface area (TPSA) is 20.3 Å². The molecule has 0 saturated heterocycles. The third-order valence-electron chi connectivity index (χ3n) is 5.97. The minimum atomic E-state index is -0.298. The molecule has 0 N–H and O–H groups in total. The van der Waals surface area contributed by atoms with Crippen LogP contribution in [0.25, 0.3) is 10.8 Å². The van der Waals surface area contributed by atoms with E-state index in [1.165, 1.54) is 11.6 Å². The summed E-state index contributed by atoms with van der Waals surface area (Å²) in [6.45, 7) is 2.56. The fraction of sp³-hybridized carbons (Fsp3) is 0.148. The highest BCUT2D eigenvalue weighted by atomic mass is 19.1. The van der Waals surface area contributed by atoms with Crippen LogP contribution < -0.4 is 4.90 Å². The quantitative estimate of drug-likeness (QED) is 0.395. The summed E-state index contributed by atoms with van der Waals surface area (Å²) < 4.78 is 14.8.